The number of nitrogens with zero attached hydrogens (tertiary/aromatic N) is 1. The van der Waals surface area contributed by atoms with Crippen LogP contribution in [0.2, 0.25) is 0 Å². The molecule has 1 heterocycles. The number of hydrogen-bond acceptors (Lipinski definition) is 3. The maximum absolute atomic E-state index is 6.06. The third-order valence-electron chi connectivity index (χ3n) is 4.80. The van der Waals surface area contributed by atoms with Crippen molar-refractivity contribution >= 4 is 11.3 Å². The Hall–Kier alpha value is -0.380. The Bertz CT molecular complexity index is 401. The van der Waals surface area contributed by atoms with Crippen LogP contribution in [0.1, 0.15) is 56.0 Å². The highest BCUT2D eigenvalue weighted by molar-refractivity contribution is 7.10. The van der Waals surface area contributed by atoms with Gasteiger partial charge in [0, 0.05) is 17.5 Å². The van der Waals surface area contributed by atoms with E-state index >= 15 is 0 Å². The van der Waals surface area contributed by atoms with Gasteiger partial charge in [0.1, 0.15) is 0 Å². The molecule has 1 saturated carbocycles. The molecule has 1 unspecified atom stereocenters. The molecule has 0 spiro atoms. The lowest BCUT2D eigenvalue weighted by Crippen LogP contribution is -2.41. The standard InChI is InChI=1S/C16H28N2S/c1-12-7-10-19-15(12)14(11-17)18(4)13-5-8-16(2,3)9-6-13/h7,10,13-14H,5-6,8-9,11,17H2,1-4H3. The highest BCUT2D eigenvalue weighted by Gasteiger charge is 2.32. The first-order valence-corrected chi connectivity index (χ1v) is 8.28. The Morgan fingerprint density at radius 2 is 2.05 bits per heavy atom. The molecule has 0 saturated heterocycles. The van der Waals surface area contributed by atoms with E-state index in [-0.39, 0.29) is 0 Å². The maximum Gasteiger partial charge on any atom is 0.0566 e. The van der Waals surface area contributed by atoms with Crippen LogP contribution in [0.3, 0.4) is 0 Å². The van der Waals surface area contributed by atoms with Crippen LogP contribution >= 0.6 is 11.3 Å². The quantitative estimate of drug-likeness (QED) is 0.904. The van der Waals surface area contributed by atoms with Gasteiger partial charge in [-0.2, -0.15) is 0 Å². The predicted molar refractivity (Wildman–Crippen MR) is 84.7 cm³/mol. The lowest BCUT2D eigenvalue weighted by molar-refractivity contribution is 0.0976. The normalized spacial score (nSPS) is 21.8. The Labute approximate surface area is 122 Å². The summed E-state index contributed by atoms with van der Waals surface area (Å²) in [7, 11) is 2.26. The van der Waals surface area contributed by atoms with E-state index in [0.29, 0.717) is 17.5 Å². The van der Waals surface area contributed by atoms with Crippen LogP contribution in [0, 0.1) is 12.3 Å². The molecule has 1 fully saturated rings. The molecule has 2 N–H and O–H groups in total. The highest BCUT2D eigenvalue weighted by atomic mass is 32.1. The third kappa shape index (κ3) is 3.39. The average Bonchev–Trinajstić information content (AvgIpc) is 2.76. The number of rotatable bonds is 4. The maximum atomic E-state index is 6.06. The van der Waals surface area contributed by atoms with Gasteiger partial charge in [-0.15, -0.1) is 11.3 Å². The summed E-state index contributed by atoms with van der Waals surface area (Å²) in [5, 5.41) is 2.19. The van der Waals surface area contributed by atoms with E-state index in [1.54, 1.807) is 0 Å². The van der Waals surface area contributed by atoms with Crippen LogP contribution in [-0.4, -0.2) is 24.5 Å². The first-order chi connectivity index (χ1) is 8.94. The minimum Gasteiger partial charge on any atom is -0.329 e. The summed E-state index contributed by atoms with van der Waals surface area (Å²) >= 11 is 1.85. The fourth-order valence-electron chi connectivity index (χ4n) is 3.23. The van der Waals surface area contributed by atoms with E-state index in [1.807, 2.05) is 11.3 Å². The van der Waals surface area contributed by atoms with Crippen LogP contribution in [0.4, 0.5) is 0 Å². The molecule has 3 heteroatoms. The molecule has 1 aliphatic carbocycles. The fourth-order valence-corrected chi connectivity index (χ4v) is 4.32. The van der Waals surface area contributed by atoms with E-state index in [0.717, 1.165) is 6.54 Å². The molecule has 108 valence electrons. The molecule has 0 amide bonds. The Morgan fingerprint density at radius 3 is 2.53 bits per heavy atom. The van der Waals surface area contributed by atoms with E-state index in [2.05, 4.69) is 44.2 Å². The molecule has 0 aromatic carbocycles. The van der Waals surface area contributed by atoms with E-state index in [1.165, 1.54) is 36.1 Å². The van der Waals surface area contributed by atoms with Crippen molar-refractivity contribution in [3.05, 3.63) is 21.9 Å². The van der Waals surface area contributed by atoms with Gasteiger partial charge in [0.2, 0.25) is 0 Å². The summed E-state index contributed by atoms with van der Waals surface area (Å²) < 4.78 is 0. The second-order valence-electron chi connectivity index (χ2n) is 6.78. The summed E-state index contributed by atoms with van der Waals surface area (Å²) in [5.41, 5.74) is 7.99. The van der Waals surface area contributed by atoms with Crippen LogP contribution in [-0.2, 0) is 0 Å². The number of likely N-dealkylation sites (N-methyl/N-ethyl adjacent to an activating group) is 1. The van der Waals surface area contributed by atoms with Crippen molar-refractivity contribution in [3.63, 3.8) is 0 Å². The number of nitrogens with two attached hydrogens (primary N) is 1. The van der Waals surface area contributed by atoms with Gasteiger partial charge in [-0.25, -0.2) is 0 Å². The fraction of sp³-hybridized carbons (Fsp3) is 0.750. The summed E-state index contributed by atoms with van der Waals surface area (Å²) in [6.45, 7) is 7.71. The summed E-state index contributed by atoms with van der Waals surface area (Å²) in [5.74, 6) is 0. The van der Waals surface area contributed by atoms with Crippen LogP contribution < -0.4 is 5.73 Å². The minimum atomic E-state index is 0.395. The Kier molecular flexibility index (Phi) is 4.70. The molecular weight excluding hydrogens is 252 g/mol. The van der Waals surface area contributed by atoms with E-state index < -0.39 is 0 Å². The van der Waals surface area contributed by atoms with Crippen molar-refractivity contribution in [2.45, 2.75) is 58.5 Å². The molecular formula is C16H28N2S. The van der Waals surface area contributed by atoms with Gasteiger partial charge >= 0.3 is 0 Å². The number of hydrogen-bond donors (Lipinski definition) is 1. The van der Waals surface area contributed by atoms with Crippen molar-refractivity contribution in [1.29, 1.82) is 0 Å². The van der Waals surface area contributed by atoms with Crippen LogP contribution in [0.15, 0.2) is 11.4 Å². The van der Waals surface area contributed by atoms with Crippen LogP contribution in [0.5, 0.6) is 0 Å². The Balaban J connectivity index is 2.06. The van der Waals surface area contributed by atoms with Gasteiger partial charge in [-0.05, 0) is 62.1 Å². The number of aryl methyl sites for hydroxylation is 1. The van der Waals surface area contributed by atoms with Gasteiger partial charge in [0.25, 0.3) is 0 Å². The van der Waals surface area contributed by atoms with Crippen molar-refractivity contribution in [2.75, 3.05) is 13.6 Å². The second kappa shape index (κ2) is 5.94. The zero-order valence-corrected chi connectivity index (χ0v) is 13.6. The molecule has 1 atom stereocenters. The first kappa shape index (κ1) is 15.0. The van der Waals surface area contributed by atoms with Gasteiger partial charge in [0.05, 0.1) is 6.04 Å². The predicted octanol–water partition coefficient (Wildman–Crippen LogP) is 3.96. The molecule has 0 bridgehead atoms. The third-order valence-corrected chi connectivity index (χ3v) is 5.92. The van der Waals surface area contributed by atoms with Crippen molar-refractivity contribution in [1.82, 2.24) is 4.90 Å². The van der Waals surface area contributed by atoms with Gasteiger partial charge in [0.15, 0.2) is 0 Å². The topological polar surface area (TPSA) is 29.3 Å². The first-order valence-electron chi connectivity index (χ1n) is 7.40. The van der Waals surface area contributed by atoms with Crippen molar-refractivity contribution < 1.29 is 0 Å². The Morgan fingerprint density at radius 1 is 1.42 bits per heavy atom. The lowest BCUT2D eigenvalue weighted by atomic mass is 9.75. The molecule has 1 aliphatic rings. The monoisotopic (exact) mass is 280 g/mol. The molecule has 2 nitrogen and oxygen atoms in total. The summed E-state index contributed by atoms with van der Waals surface area (Å²) in [4.78, 5) is 3.99. The minimum absolute atomic E-state index is 0.395. The van der Waals surface area contributed by atoms with Gasteiger partial charge in [-0.3, -0.25) is 4.90 Å². The molecule has 1 aromatic rings. The summed E-state index contributed by atoms with van der Waals surface area (Å²) in [6.07, 6.45) is 5.29. The number of thiophene rings is 1. The summed E-state index contributed by atoms with van der Waals surface area (Å²) in [6, 6.07) is 3.30. The molecule has 1 aromatic heterocycles. The zero-order valence-electron chi connectivity index (χ0n) is 12.8. The molecule has 0 aliphatic heterocycles. The van der Waals surface area contributed by atoms with Crippen LogP contribution in [0.25, 0.3) is 0 Å². The molecule has 2 rings (SSSR count). The van der Waals surface area contributed by atoms with E-state index in [9.17, 15) is 0 Å². The van der Waals surface area contributed by atoms with Crippen molar-refractivity contribution in [3.8, 4) is 0 Å². The SMILES string of the molecule is Cc1ccsc1C(CN)N(C)C1CCC(C)(C)CC1. The second-order valence-corrected chi connectivity index (χ2v) is 7.73. The zero-order chi connectivity index (χ0) is 14.0. The van der Waals surface area contributed by atoms with E-state index in [4.69, 9.17) is 5.73 Å². The lowest BCUT2D eigenvalue weighted by Gasteiger charge is -2.41. The average molecular weight is 280 g/mol. The van der Waals surface area contributed by atoms with Gasteiger partial charge in [-0.1, -0.05) is 13.8 Å². The van der Waals surface area contributed by atoms with Crippen molar-refractivity contribution in [2.24, 2.45) is 11.1 Å². The highest BCUT2D eigenvalue weighted by Crippen LogP contribution is 2.39. The molecule has 0 radical (unpaired) electrons. The van der Waals surface area contributed by atoms with Gasteiger partial charge < -0.3 is 5.73 Å². The largest absolute Gasteiger partial charge is 0.329 e. The smallest absolute Gasteiger partial charge is 0.0566 e. The molecule has 19 heavy (non-hydrogen) atoms.